The molecule has 0 saturated carbocycles. The molecule has 2 N–H and O–H groups in total. The summed E-state index contributed by atoms with van der Waals surface area (Å²) in [5.74, 6) is 0.786. The van der Waals surface area contributed by atoms with Crippen molar-refractivity contribution < 1.29 is 9.90 Å². The van der Waals surface area contributed by atoms with Gasteiger partial charge in [0.25, 0.3) is 0 Å². The first-order valence-electron chi connectivity index (χ1n) is 11.1. The van der Waals surface area contributed by atoms with Gasteiger partial charge in [-0.15, -0.1) is 0 Å². The summed E-state index contributed by atoms with van der Waals surface area (Å²) in [6, 6.07) is 22.6. The maximum Gasteiger partial charge on any atom is 0.170 e. The van der Waals surface area contributed by atoms with Gasteiger partial charge in [0.1, 0.15) is 11.3 Å². The number of fused-ring (bicyclic) bond motifs is 1. The molecular weight excluding hydrogens is 426 g/mol. The zero-order chi connectivity index (χ0) is 23.9. The standard InChI is InChI=1S/C24H18N4O.C3H9NO/c1-17-21(18-6-3-2-4-7-18)8-5-9-22(17)19-10-12-27-23(14-19)25-15-24(27)28-13-11-20(16-29)26-28;1-4-2-3-5/h2-16H,1H3;4-5H,2-3H2,1H3. The number of carbonyl (C=O) groups excluding carboxylic acids is 1. The number of nitrogens with zero attached hydrogens (tertiary/aromatic N) is 4. The van der Waals surface area contributed by atoms with E-state index in [4.69, 9.17) is 5.11 Å². The molecule has 34 heavy (non-hydrogen) atoms. The molecule has 7 heteroatoms. The highest BCUT2D eigenvalue weighted by Gasteiger charge is 2.11. The van der Waals surface area contributed by atoms with E-state index in [0.29, 0.717) is 12.2 Å². The number of likely N-dealkylation sites (N-methyl/N-ethyl adjacent to an activating group) is 1. The van der Waals surface area contributed by atoms with Gasteiger partial charge >= 0.3 is 0 Å². The lowest BCUT2D eigenvalue weighted by atomic mass is 9.93. The molecule has 0 spiro atoms. The van der Waals surface area contributed by atoms with Crippen LogP contribution in [0.5, 0.6) is 0 Å². The monoisotopic (exact) mass is 453 g/mol. The van der Waals surface area contributed by atoms with Crippen LogP contribution in [0.15, 0.2) is 85.3 Å². The Morgan fingerprint density at radius 3 is 2.38 bits per heavy atom. The lowest BCUT2D eigenvalue weighted by Gasteiger charge is -2.12. The molecule has 172 valence electrons. The number of pyridine rings is 1. The molecule has 0 aliphatic heterocycles. The van der Waals surface area contributed by atoms with E-state index in [9.17, 15) is 4.79 Å². The number of aliphatic hydroxyl groups excluding tert-OH is 1. The second kappa shape index (κ2) is 10.7. The second-order valence-corrected chi connectivity index (χ2v) is 7.73. The number of benzene rings is 2. The van der Waals surface area contributed by atoms with Crippen molar-refractivity contribution in [3.8, 4) is 28.1 Å². The van der Waals surface area contributed by atoms with Crippen LogP contribution in [0.3, 0.4) is 0 Å². The summed E-state index contributed by atoms with van der Waals surface area (Å²) in [5.41, 5.74) is 7.18. The molecule has 0 radical (unpaired) electrons. The van der Waals surface area contributed by atoms with Gasteiger partial charge in [-0.2, -0.15) is 5.10 Å². The van der Waals surface area contributed by atoms with Crippen LogP contribution in [0, 0.1) is 6.92 Å². The van der Waals surface area contributed by atoms with Crippen LogP contribution in [0.4, 0.5) is 0 Å². The average Bonchev–Trinajstić information content (AvgIpc) is 3.52. The van der Waals surface area contributed by atoms with Gasteiger partial charge in [-0.25, -0.2) is 9.67 Å². The molecule has 0 aliphatic carbocycles. The van der Waals surface area contributed by atoms with E-state index in [-0.39, 0.29) is 6.61 Å². The van der Waals surface area contributed by atoms with Crippen LogP contribution < -0.4 is 5.32 Å². The van der Waals surface area contributed by atoms with Crippen LogP contribution in [-0.4, -0.2) is 50.8 Å². The largest absolute Gasteiger partial charge is 0.395 e. The molecule has 0 bridgehead atoms. The number of rotatable bonds is 6. The summed E-state index contributed by atoms with van der Waals surface area (Å²) in [6.45, 7) is 3.08. The highest BCUT2D eigenvalue weighted by atomic mass is 16.3. The van der Waals surface area contributed by atoms with Crippen molar-refractivity contribution in [2.45, 2.75) is 6.92 Å². The average molecular weight is 454 g/mol. The number of aromatic nitrogens is 4. The van der Waals surface area contributed by atoms with E-state index < -0.39 is 0 Å². The topological polar surface area (TPSA) is 84.5 Å². The predicted octanol–water partition coefficient (Wildman–Crippen LogP) is 4.17. The first-order chi connectivity index (χ1) is 16.7. The molecule has 0 saturated heterocycles. The number of imidazole rings is 1. The summed E-state index contributed by atoms with van der Waals surface area (Å²) >= 11 is 0. The zero-order valence-corrected chi connectivity index (χ0v) is 19.2. The Labute approximate surface area is 198 Å². The first kappa shape index (κ1) is 23.1. The quantitative estimate of drug-likeness (QED) is 0.377. The lowest BCUT2D eigenvalue weighted by Crippen LogP contribution is -2.10. The molecule has 3 heterocycles. The summed E-state index contributed by atoms with van der Waals surface area (Å²) in [7, 11) is 1.80. The van der Waals surface area contributed by atoms with E-state index in [1.807, 2.05) is 16.7 Å². The minimum absolute atomic E-state index is 0.233. The van der Waals surface area contributed by atoms with Gasteiger partial charge in [-0.05, 0) is 60.0 Å². The summed E-state index contributed by atoms with van der Waals surface area (Å²) in [4.78, 5) is 15.5. The van der Waals surface area contributed by atoms with Crippen molar-refractivity contribution in [3.05, 3.63) is 96.6 Å². The third kappa shape index (κ3) is 4.80. The van der Waals surface area contributed by atoms with E-state index in [2.05, 4.69) is 76.9 Å². The Bertz CT molecular complexity index is 1390. The summed E-state index contributed by atoms with van der Waals surface area (Å²) < 4.78 is 3.62. The molecule has 0 atom stereocenters. The summed E-state index contributed by atoms with van der Waals surface area (Å²) in [6.07, 6.45) is 6.24. The maximum absolute atomic E-state index is 10.9. The van der Waals surface area contributed by atoms with Crippen LogP contribution >= 0.6 is 0 Å². The molecule has 0 aliphatic rings. The molecule has 7 nitrogen and oxygen atoms in total. The van der Waals surface area contributed by atoms with Crippen LogP contribution in [-0.2, 0) is 0 Å². The zero-order valence-electron chi connectivity index (χ0n) is 19.2. The third-order valence-corrected chi connectivity index (χ3v) is 5.55. The second-order valence-electron chi connectivity index (χ2n) is 7.73. The third-order valence-electron chi connectivity index (χ3n) is 5.55. The van der Waals surface area contributed by atoms with Gasteiger partial charge in [-0.1, -0.05) is 48.5 Å². The van der Waals surface area contributed by atoms with Crippen molar-refractivity contribution in [3.63, 3.8) is 0 Å². The van der Waals surface area contributed by atoms with E-state index in [1.54, 1.807) is 30.2 Å². The number of aliphatic hydroxyl groups is 1. The molecule has 0 fully saturated rings. The number of nitrogens with one attached hydrogen (secondary N) is 1. The van der Waals surface area contributed by atoms with Gasteiger partial charge in [0.2, 0.25) is 0 Å². The highest BCUT2D eigenvalue weighted by molar-refractivity contribution is 5.79. The van der Waals surface area contributed by atoms with Gasteiger partial charge < -0.3 is 10.4 Å². The van der Waals surface area contributed by atoms with E-state index in [1.165, 1.54) is 22.3 Å². The van der Waals surface area contributed by atoms with Crippen molar-refractivity contribution in [2.24, 2.45) is 0 Å². The van der Waals surface area contributed by atoms with Gasteiger partial charge in [0, 0.05) is 18.9 Å². The van der Waals surface area contributed by atoms with Gasteiger partial charge in [0.15, 0.2) is 12.1 Å². The number of hydrogen-bond donors (Lipinski definition) is 2. The van der Waals surface area contributed by atoms with Crippen molar-refractivity contribution in [1.29, 1.82) is 0 Å². The van der Waals surface area contributed by atoms with Crippen LogP contribution in [0.25, 0.3) is 33.7 Å². The molecule has 5 aromatic rings. The first-order valence-corrected chi connectivity index (χ1v) is 11.1. The number of aldehydes is 1. The molecule has 5 rings (SSSR count). The predicted molar refractivity (Wildman–Crippen MR) is 134 cm³/mol. The Kier molecular flexibility index (Phi) is 7.27. The molecular formula is C27H27N5O2. The van der Waals surface area contributed by atoms with Crippen LogP contribution in [0.1, 0.15) is 16.1 Å². The molecule has 2 aromatic carbocycles. The Balaban J connectivity index is 0.000000499. The Hall–Kier alpha value is -4.07. The van der Waals surface area contributed by atoms with Crippen molar-refractivity contribution in [2.75, 3.05) is 20.2 Å². The van der Waals surface area contributed by atoms with Gasteiger partial charge in [-0.3, -0.25) is 9.20 Å². The number of carbonyl (C=O) groups is 1. The van der Waals surface area contributed by atoms with Crippen molar-refractivity contribution >= 4 is 11.9 Å². The minimum atomic E-state index is 0.233. The fourth-order valence-corrected chi connectivity index (χ4v) is 3.82. The van der Waals surface area contributed by atoms with Gasteiger partial charge in [0.05, 0.1) is 12.8 Å². The normalized spacial score (nSPS) is 10.7. The maximum atomic E-state index is 10.9. The fraction of sp³-hybridized carbons (Fsp3) is 0.148. The smallest absolute Gasteiger partial charge is 0.170 e. The Morgan fingerprint density at radius 1 is 0.971 bits per heavy atom. The fourth-order valence-electron chi connectivity index (χ4n) is 3.82. The SMILES string of the molecule is CNCCO.Cc1c(-c2ccccc2)cccc1-c1ccn2c(-n3ccc(C=O)n3)cnc2c1. The number of hydrogen-bond acceptors (Lipinski definition) is 5. The lowest BCUT2D eigenvalue weighted by molar-refractivity contribution is 0.111. The highest BCUT2D eigenvalue weighted by Crippen LogP contribution is 2.32. The molecule has 0 unspecified atom stereocenters. The minimum Gasteiger partial charge on any atom is -0.395 e. The van der Waals surface area contributed by atoms with E-state index >= 15 is 0 Å². The molecule has 3 aromatic heterocycles. The van der Waals surface area contributed by atoms with E-state index in [0.717, 1.165) is 23.3 Å². The van der Waals surface area contributed by atoms with Crippen LogP contribution in [0.2, 0.25) is 0 Å². The van der Waals surface area contributed by atoms with Crippen molar-refractivity contribution in [1.82, 2.24) is 24.5 Å². The summed E-state index contributed by atoms with van der Waals surface area (Å²) in [5, 5.41) is 15.0. The molecule has 0 amide bonds. The Morgan fingerprint density at radius 2 is 1.74 bits per heavy atom.